The molecule has 0 aliphatic rings. The van der Waals surface area contributed by atoms with Gasteiger partial charge in [-0.2, -0.15) is 11.8 Å². The van der Waals surface area contributed by atoms with Crippen molar-refractivity contribution < 1.29 is 4.74 Å². The molecule has 0 aromatic carbocycles. The fraction of sp³-hybridized carbons (Fsp3) is 0.556. The van der Waals surface area contributed by atoms with Crippen LogP contribution in [0.1, 0.15) is 6.92 Å². The van der Waals surface area contributed by atoms with Crippen LogP contribution >= 0.6 is 23.4 Å². The van der Waals surface area contributed by atoms with Crippen LogP contribution in [0.5, 0.6) is 5.75 Å². The summed E-state index contributed by atoms with van der Waals surface area (Å²) < 4.78 is 5.12. The average molecular weight is 248 g/mol. The van der Waals surface area contributed by atoms with E-state index in [0.29, 0.717) is 22.0 Å². The zero-order chi connectivity index (χ0) is 11.3. The first-order chi connectivity index (χ1) is 7.19. The molecule has 0 aliphatic carbocycles. The second kappa shape index (κ2) is 6.02. The highest BCUT2D eigenvalue weighted by Gasteiger charge is 2.10. The van der Waals surface area contributed by atoms with Crippen LogP contribution in [-0.4, -0.2) is 35.1 Å². The first-order valence-corrected chi connectivity index (χ1v) is 6.16. The number of thioether (sulfide) groups is 1. The van der Waals surface area contributed by atoms with Gasteiger partial charge in [-0.25, -0.2) is 9.97 Å². The summed E-state index contributed by atoms with van der Waals surface area (Å²) in [6.07, 6.45) is 3.48. The maximum atomic E-state index is 5.86. The number of rotatable bonds is 5. The first-order valence-electron chi connectivity index (χ1n) is 4.50. The lowest BCUT2D eigenvalue weighted by atomic mass is 10.4. The number of halogens is 1. The zero-order valence-corrected chi connectivity index (χ0v) is 10.5. The molecule has 1 aromatic rings. The highest BCUT2D eigenvalue weighted by molar-refractivity contribution is 7.99. The van der Waals surface area contributed by atoms with Crippen LogP contribution in [0.15, 0.2) is 6.33 Å². The lowest BCUT2D eigenvalue weighted by Gasteiger charge is -2.13. The summed E-state index contributed by atoms with van der Waals surface area (Å²) in [7, 11) is 1.55. The van der Waals surface area contributed by atoms with Gasteiger partial charge < -0.3 is 10.1 Å². The van der Waals surface area contributed by atoms with E-state index < -0.39 is 0 Å². The Morgan fingerprint density at radius 3 is 2.93 bits per heavy atom. The van der Waals surface area contributed by atoms with Crippen LogP contribution in [0.3, 0.4) is 0 Å². The van der Waals surface area contributed by atoms with Gasteiger partial charge in [-0.3, -0.25) is 0 Å². The van der Waals surface area contributed by atoms with E-state index in [1.54, 1.807) is 18.9 Å². The molecular formula is C9H14ClN3OS. The number of ether oxygens (including phenoxy) is 1. The molecule has 0 spiro atoms. The summed E-state index contributed by atoms with van der Waals surface area (Å²) in [5, 5.41) is 4.00. The van der Waals surface area contributed by atoms with E-state index in [1.165, 1.54) is 6.33 Å². The number of hydrogen-bond acceptors (Lipinski definition) is 5. The van der Waals surface area contributed by atoms with E-state index in [9.17, 15) is 0 Å². The van der Waals surface area contributed by atoms with Crippen LogP contribution in [0.2, 0.25) is 5.15 Å². The van der Waals surface area contributed by atoms with Crippen molar-refractivity contribution in [3.05, 3.63) is 11.5 Å². The Morgan fingerprint density at radius 2 is 2.33 bits per heavy atom. The van der Waals surface area contributed by atoms with E-state index in [4.69, 9.17) is 16.3 Å². The number of nitrogens with one attached hydrogen (secondary N) is 1. The molecule has 0 radical (unpaired) electrons. The summed E-state index contributed by atoms with van der Waals surface area (Å²) in [6.45, 7) is 2.94. The molecule has 0 amide bonds. The van der Waals surface area contributed by atoms with Crippen molar-refractivity contribution in [1.29, 1.82) is 0 Å². The first kappa shape index (κ1) is 12.4. The summed E-state index contributed by atoms with van der Waals surface area (Å²) in [6, 6.07) is 0. The minimum atomic E-state index is 0.326. The summed E-state index contributed by atoms with van der Waals surface area (Å²) in [4.78, 5) is 7.92. The fourth-order valence-corrected chi connectivity index (χ4v) is 1.44. The minimum absolute atomic E-state index is 0.326. The molecule has 0 bridgehead atoms. The maximum Gasteiger partial charge on any atom is 0.198 e. The minimum Gasteiger partial charge on any atom is -0.490 e. The molecule has 1 unspecified atom stereocenters. The SMILES string of the molecule is COc1c(Cl)ncnc1NCC(C)SC. The van der Waals surface area contributed by atoms with Gasteiger partial charge in [-0.05, 0) is 6.26 Å². The van der Waals surface area contributed by atoms with E-state index in [0.717, 1.165) is 6.54 Å². The van der Waals surface area contributed by atoms with Crippen LogP contribution in [0.4, 0.5) is 5.82 Å². The fourth-order valence-electron chi connectivity index (χ4n) is 0.983. The number of hydrogen-bond donors (Lipinski definition) is 1. The highest BCUT2D eigenvalue weighted by atomic mass is 35.5. The van der Waals surface area contributed by atoms with Gasteiger partial charge in [-0.1, -0.05) is 18.5 Å². The predicted molar refractivity (Wildman–Crippen MR) is 65.1 cm³/mol. The molecule has 84 valence electrons. The van der Waals surface area contributed by atoms with Gasteiger partial charge in [0, 0.05) is 11.8 Å². The molecule has 0 saturated heterocycles. The monoisotopic (exact) mass is 247 g/mol. The van der Waals surface area contributed by atoms with E-state index >= 15 is 0 Å². The summed E-state index contributed by atoms with van der Waals surface area (Å²) in [5.74, 6) is 1.13. The molecule has 0 saturated carbocycles. The van der Waals surface area contributed by atoms with Crippen molar-refractivity contribution in [2.75, 3.05) is 25.2 Å². The van der Waals surface area contributed by atoms with Gasteiger partial charge in [0.2, 0.25) is 0 Å². The third-order valence-electron chi connectivity index (χ3n) is 1.92. The lowest BCUT2D eigenvalue weighted by Crippen LogP contribution is -2.14. The largest absolute Gasteiger partial charge is 0.490 e. The number of nitrogens with zero attached hydrogens (tertiary/aromatic N) is 2. The molecular weight excluding hydrogens is 234 g/mol. The average Bonchev–Trinajstić information content (AvgIpc) is 2.25. The Labute approximate surface area is 98.8 Å². The molecule has 4 nitrogen and oxygen atoms in total. The Hall–Kier alpha value is -0.680. The predicted octanol–water partition coefficient (Wildman–Crippen LogP) is 2.30. The van der Waals surface area contributed by atoms with Crippen molar-refractivity contribution in [3.8, 4) is 5.75 Å². The Balaban J connectivity index is 2.72. The van der Waals surface area contributed by atoms with Crippen LogP contribution in [0, 0.1) is 0 Å². The second-order valence-corrected chi connectivity index (χ2v) is 4.61. The Kier molecular flexibility index (Phi) is 4.98. The van der Waals surface area contributed by atoms with Gasteiger partial charge >= 0.3 is 0 Å². The van der Waals surface area contributed by atoms with Crippen molar-refractivity contribution in [3.63, 3.8) is 0 Å². The molecule has 0 fully saturated rings. The topological polar surface area (TPSA) is 47.0 Å². The molecule has 1 N–H and O–H groups in total. The van der Waals surface area contributed by atoms with Gasteiger partial charge in [0.1, 0.15) is 6.33 Å². The zero-order valence-electron chi connectivity index (χ0n) is 8.95. The van der Waals surface area contributed by atoms with Crippen molar-refractivity contribution in [2.24, 2.45) is 0 Å². The van der Waals surface area contributed by atoms with Crippen molar-refractivity contribution in [1.82, 2.24) is 9.97 Å². The van der Waals surface area contributed by atoms with Crippen molar-refractivity contribution in [2.45, 2.75) is 12.2 Å². The standard InChI is InChI=1S/C9H14ClN3OS/c1-6(15-3)4-11-9-7(14-2)8(10)12-5-13-9/h5-6H,4H2,1-3H3,(H,11,12,13). The molecule has 15 heavy (non-hydrogen) atoms. The number of anilines is 1. The molecule has 1 atom stereocenters. The quantitative estimate of drug-likeness (QED) is 0.809. The second-order valence-electron chi connectivity index (χ2n) is 2.97. The lowest BCUT2D eigenvalue weighted by molar-refractivity contribution is 0.413. The maximum absolute atomic E-state index is 5.86. The van der Waals surface area contributed by atoms with Gasteiger partial charge in [0.15, 0.2) is 16.7 Å². The normalized spacial score (nSPS) is 12.3. The van der Waals surface area contributed by atoms with Crippen molar-refractivity contribution >= 4 is 29.2 Å². The van der Waals surface area contributed by atoms with Crippen LogP contribution in [-0.2, 0) is 0 Å². The Morgan fingerprint density at radius 1 is 1.60 bits per heavy atom. The number of methoxy groups -OCH3 is 1. The van der Waals surface area contributed by atoms with E-state index in [-0.39, 0.29) is 0 Å². The molecule has 6 heteroatoms. The molecule has 1 rings (SSSR count). The summed E-state index contributed by atoms with van der Waals surface area (Å²) in [5.41, 5.74) is 0. The summed E-state index contributed by atoms with van der Waals surface area (Å²) >= 11 is 7.64. The smallest absolute Gasteiger partial charge is 0.198 e. The highest BCUT2D eigenvalue weighted by Crippen LogP contribution is 2.28. The third kappa shape index (κ3) is 3.43. The van der Waals surface area contributed by atoms with Gasteiger partial charge in [0.25, 0.3) is 0 Å². The molecule has 1 aromatic heterocycles. The third-order valence-corrected chi connectivity index (χ3v) is 3.16. The Bertz CT molecular complexity index is 324. The van der Waals surface area contributed by atoms with Crippen LogP contribution < -0.4 is 10.1 Å². The molecule has 1 heterocycles. The van der Waals surface area contributed by atoms with Crippen LogP contribution in [0.25, 0.3) is 0 Å². The van der Waals surface area contributed by atoms with Gasteiger partial charge in [0.05, 0.1) is 7.11 Å². The van der Waals surface area contributed by atoms with E-state index in [2.05, 4.69) is 28.5 Å². The molecule has 0 aliphatic heterocycles. The number of aromatic nitrogens is 2. The van der Waals surface area contributed by atoms with E-state index in [1.807, 2.05) is 0 Å². The van der Waals surface area contributed by atoms with Gasteiger partial charge in [-0.15, -0.1) is 0 Å².